The highest BCUT2D eigenvalue weighted by Gasteiger charge is 2.28. The third-order valence-corrected chi connectivity index (χ3v) is 4.52. The van der Waals surface area contributed by atoms with E-state index in [0.29, 0.717) is 0 Å². The highest BCUT2D eigenvalue weighted by molar-refractivity contribution is 7.92. The molecule has 0 radical (unpaired) electrons. The minimum Gasteiger partial charge on any atom is -0.343 e. The number of nitrogens with zero attached hydrogens (tertiary/aromatic N) is 1. The molecule has 0 aromatic heterocycles. The Hall–Kier alpha value is -3.06. The van der Waals surface area contributed by atoms with Gasteiger partial charge in [0.2, 0.25) is 0 Å². The van der Waals surface area contributed by atoms with E-state index in [9.17, 15) is 26.4 Å². The standard InChI is InChI=1S/C16H12F3N3O3S/c17-16(18,19)10-21-15(23)12-4-6-14(7-5-12)26(24,25)22-13-3-1-2-11(8-13)9-20/h1-8,22H,10H2,(H,21,23). The molecular formula is C16H12F3N3O3S. The van der Waals surface area contributed by atoms with E-state index >= 15 is 0 Å². The van der Waals surface area contributed by atoms with E-state index in [1.165, 1.54) is 24.3 Å². The highest BCUT2D eigenvalue weighted by atomic mass is 32.2. The number of nitrogens with one attached hydrogen (secondary N) is 2. The normalized spacial score (nSPS) is 11.5. The van der Waals surface area contributed by atoms with Crippen LogP contribution in [0, 0.1) is 11.3 Å². The molecule has 0 bridgehead atoms. The maximum atomic E-state index is 12.3. The Bertz CT molecular complexity index is 949. The molecule has 0 aliphatic carbocycles. The van der Waals surface area contributed by atoms with E-state index in [1.54, 1.807) is 5.32 Å². The molecule has 10 heteroatoms. The molecule has 0 saturated heterocycles. The fraction of sp³-hybridized carbons (Fsp3) is 0.125. The fourth-order valence-electron chi connectivity index (χ4n) is 1.93. The van der Waals surface area contributed by atoms with Crippen molar-refractivity contribution in [1.29, 1.82) is 5.26 Å². The van der Waals surface area contributed by atoms with Gasteiger partial charge in [0.05, 0.1) is 22.2 Å². The minimum absolute atomic E-state index is 0.111. The predicted molar refractivity (Wildman–Crippen MR) is 86.8 cm³/mol. The quantitative estimate of drug-likeness (QED) is 0.829. The van der Waals surface area contributed by atoms with E-state index < -0.39 is 28.7 Å². The Morgan fingerprint density at radius 2 is 1.77 bits per heavy atom. The Balaban J connectivity index is 2.13. The molecule has 0 fully saturated rings. The lowest BCUT2D eigenvalue weighted by atomic mass is 10.2. The van der Waals surface area contributed by atoms with Gasteiger partial charge in [0, 0.05) is 5.56 Å². The number of anilines is 1. The van der Waals surface area contributed by atoms with Gasteiger partial charge in [0.15, 0.2) is 0 Å². The Kier molecular flexibility index (Phi) is 5.52. The number of benzene rings is 2. The molecule has 0 heterocycles. The maximum absolute atomic E-state index is 12.3. The number of sulfonamides is 1. The number of halogens is 3. The van der Waals surface area contributed by atoms with Crippen LogP contribution in [-0.4, -0.2) is 27.0 Å². The number of amides is 1. The number of alkyl halides is 3. The fourth-order valence-corrected chi connectivity index (χ4v) is 2.98. The molecule has 0 spiro atoms. The summed E-state index contributed by atoms with van der Waals surface area (Å²) in [6.07, 6.45) is -4.54. The van der Waals surface area contributed by atoms with Crippen LogP contribution in [0.15, 0.2) is 53.4 Å². The van der Waals surface area contributed by atoms with Gasteiger partial charge in [0.25, 0.3) is 15.9 Å². The molecule has 2 rings (SSSR count). The first-order chi connectivity index (χ1) is 12.1. The molecule has 2 aromatic rings. The van der Waals surface area contributed by atoms with Crippen molar-refractivity contribution in [2.24, 2.45) is 0 Å². The molecule has 26 heavy (non-hydrogen) atoms. The minimum atomic E-state index is -4.54. The first-order valence-corrected chi connectivity index (χ1v) is 8.57. The number of rotatable bonds is 5. The number of hydrogen-bond acceptors (Lipinski definition) is 4. The molecule has 1 amide bonds. The molecule has 0 saturated carbocycles. The summed E-state index contributed by atoms with van der Waals surface area (Å²) in [6, 6.07) is 12.1. The monoisotopic (exact) mass is 383 g/mol. The second-order valence-corrected chi connectivity index (χ2v) is 6.80. The summed E-state index contributed by atoms with van der Waals surface area (Å²) >= 11 is 0. The summed E-state index contributed by atoms with van der Waals surface area (Å²) in [4.78, 5) is 11.4. The molecule has 0 atom stereocenters. The first-order valence-electron chi connectivity index (χ1n) is 7.09. The van der Waals surface area contributed by atoms with Crippen molar-refractivity contribution in [3.8, 4) is 6.07 Å². The topological polar surface area (TPSA) is 99.1 Å². The number of hydrogen-bond donors (Lipinski definition) is 2. The van der Waals surface area contributed by atoms with Crippen LogP contribution < -0.4 is 10.0 Å². The van der Waals surface area contributed by atoms with Crippen LogP contribution in [0.2, 0.25) is 0 Å². The second-order valence-electron chi connectivity index (χ2n) is 5.12. The van der Waals surface area contributed by atoms with E-state index in [1.807, 2.05) is 6.07 Å². The van der Waals surface area contributed by atoms with Gasteiger partial charge in [-0.05, 0) is 42.5 Å². The third kappa shape index (κ3) is 5.22. The van der Waals surface area contributed by atoms with Crippen LogP contribution in [0.5, 0.6) is 0 Å². The van der Waals surface area contributed by atoms with Gasteiger partial charge in [-0.1, -0.05) is 6.07 Å². The van der Waals surface area contributed by atoms with Gasteiger partial charge < -0.3 is 5.32 Å². The van der Waals surface area contributed by atoms with E-state index in [0.717, 1.165) is 24.3 Å². The van der Waals surface area contributed by atoms with E-state index in [2.05, 4.69) is 4.72 Å². The van der Waals surface area contributed by atoms with E-state index in [-0.39, 0.29) is 21.7 Å². The molecule has 0 unspecified atom stereocenters. The third-order valence-electron chi connectivity index (χ3n) is 3.12. The highest BCUT2D eigenvalue weighted by Crippen LogP contribution is 2.18. The smallest absolute Gasteiger partial charge is 0.343 e. The molecule has 2 N–H and O–H groups in total. The lowest BCUT2D eigenvalue weighted by molar-refractivity contribution is -0.123. The summed E-state index contributed by atoms with van der Waals surface area (Å²) in [5.74, 6) is -0.971. The SMILES string of the molecule is N#Cc1cccc(NS(=O)(=O)c2ccc(C(=O)NCC(F)(F)F)cc2)c1. The lowest BCUT2D eigenvalue weighted by Gasteiger charge is -2.10. The Labute approximate surface area is 147 Å². The summed E-state index contributed by atoms with van der Waals surface area (Å²) in [6.45, 7) is -1.48. The van der Waals surface area contributed by atoms with Gasteiger partial charge in [-0.3, -0.25) is 9.52 Å². The van der Waals surface area contributed by atoms with Crippen molar-refractivity contribution in [3.63, 3.8) is 0 Å². The summed E-state index contributed by atoms with van der Waals surface area (Å²) < 4.78 is 63.1. The van der Waals surface area contributed by atoms with Crippen molar-refractivity contribution in [3.05, 3.63) is 59.7 Å². The van der Waals surface area contributed by atoms with Crippen LogP contribution in [-0.2, 0) is 10.0 Å². The lowest BCUT2D eigenvalue weighted by Crippen LogP contribution is -2.33. The zero-order valence-electron chi connectivity index (χ0n) is 13.0. The van der Waals surface area contributed by atoms with Gasteiger partial charge in [-0.15, -0.1) is 0 Å². The number of carbonyl (C=O) groups excluding carboxylic acids is 1. The largest absolute Gasteiger partial charge is 0.405 e. The van der Waals surface area contributed by atoms with Gasteiger partial charge in [-0.2, -0.15) is 18.4 Å². The van der Waals surface area contributed by atoms with Crippen molar-refractivity contribution >= 4 is 21.6 Å². The predicted octanol–water partition coefficient (Wildman–Crippen LogP) is 2.65. The summed E-state index contributed by atoms with van der Waals surface area (Å²) in [5.41, 5.74) is 0.331. The van der Waals surface area contributed by atoms with E-state index in [4.69, 9.17) is 5.26 Å². The average molecular weight is 383 g/mol. The molecule has 136 valence electrons. The Morgan fingerprint density at radius 1 is 1.12 bits per heavy atom. The van der Waals surface area contributed by atoms with Crippen LogP contribution in [0.1, 0.15) is 15.9 Å². The average Bonchev–Trinajstić information content (AvgIpc) is 2.59. The molecule has 6 nitrogen and oxygen atoms in total. The maximum Gasteiger partial charge on any atom is 0.405 e. The summed E-state index contributed by atoms with van der Waals surface area (Å²) in [7, 11) is -3.99. The first kappa shape index (κ1) is 19.3. The van der Waals surface area contributed by atoms with Gasteiger partial charge >= 0.3 is 6.18 Å². The van der Waals surface area contributed by atoms with Crippen molar-refractivity contribution in [2.45, 2.75) is 11.1 Å². The van der Waals surface area contributed by atoms with Crippen molar-refractivity contribution < 1.29 is 26.4 Å². The molecule has 0 aliphatic heterocycles. The second kappa shape index (κ2) is 7.45. The zero-order valence-corrected chi connectivity index (χ0v) is 13.9. The van der Waals surface area contributed by atoms with Gasteiger partial charge in [-0.25, -0.2) is 8.42 Å². The molecule has 0 aliphatic rings. The van der Waals surface area contributed by atoms with Crippen LogP contribution >= 0.6 is 0 Å². The number of nitriles is 1. The van der Waals surface area contributed by atoms with Crippen LogP contribution in [0.4, 0.5) is 18.9 Å². The molecule has 2 aromatic carbocycles. The van der Waals surface area contributed by atoms with Crippen LogP contribution in [0.3, 0.4) is 0 Å². The number of carbonyl (C=O) groups is 1. The van der Waals surface area contributed by atoms with Crippen molar-refractivity contribution in [1.82, 2.24) is 5.32 Å². The zero-order chi connectivity index (χ0) is 19.4. The molecular weight excluding hydrogens is 371 g/mol. The summed E-state index contributed by atoms with van der Waals surface area (Å²) in [5, 5.41) is 10.5. The Morgan fingerprint density at radius 3 is 2.35 bits per heavy atom. The van der Waals surface area contributed by atoms with Crippen LogP contribution in [0.25, 0.3) is 0 Å². The van der Waals surface area contributed by atoms with Gasteiger partial charge in [0.1, 0.15) is 6.54 Å². The van der Waals surface area contributed by atoms with Crippen molar-refractivity contribution in [2.75, 3.05) is 11.3 Å².